The summed E-state index contributed by atoms with van der Waals surface area (Å²) in [5, 5.41) is 0. The molecule has 0 aromatic rings. The molecule has 0 amide bonds. The fourth-order valence-corrected chi connectivity index (χ4v) is 1.22. The van der Waals surface area contributed by atoms with E-state index in [1.54, 1.807) is 0 Å². The summed E-state index contributed by atoms with van der Waals surface area (Å²) < 4.78 is 21.9. The molecule has 1 aliphatic heterocycles. The van der Waals surface area contributed by atoms with Gasteiger partial charge in [0.15, 0.2) is 0 Å². The summed E-state index contributed by atoms with van der Waals surface area (Å²) in [4.78, 5) is 0. The molecule has 0 aliphatic carbocycles. The van der Waals surface area contributed by atoms with Gasteiger partial charge in [-0.3, -0.25) is 0 Å². The van der Waals surface area contributed by atoms with Gasteiger partial charge in [-0.05, 0) is 12.8 Å². The lowest BCUT2D eigenvalue weighted by Gasteiger charge is -2.35. The first kappa shape index (κ1) is 11.9. The smallest absolute Gasteiger partial charge is 0.307 e. The third-order valence-electron chi connectivity index (χ3n) is 1.88. The Morgan fingerprint density at radius 3 is 2.14 bits per heavy atom. The predicted octanol–water partition coefficient (Wildman–Crippen LogP) is 1.54. The molecule has 0 N–H and O–H groups in total. The molecule has 0 radical (unpaired) electrons. The summed E-state index contributed by atoms with van der Waals surface area (Å²) in [6, 6.07) is 0. The van der Waals surface area contributed by atoms with Gasteiger partial charge in [0.2, 0.25) is 0 Å². The second-order valence-corrected chi connectivity index (χ2v) is 3.28. The highest BCUT2D eigenvalue weighted by Gasteiger charge is 2.36. The Balaban J connectivity index is 2.39. The Labute approximate surface area is 85.5 Å². The molecule has 1 rings (SSSR count). The molecular weight excluding hydrogens is 184 g/mol. The van der Waals surface area contributed by atoms with E-state index in [0.717, 1.165) is 12.8 Å². The Hall–Kier alpha value is -0.160. The Kier molecular flexibility index (Phi) is 5.40. The van der Waals surface area contributed by atoms with Gasteiger partial charge in [-0.25, -0.2) is 0 Å². The molecule has 14 heavy (non-hydrogen) atoms. The number of rotatable bonds is 6. The van der Waals surface area contributed by atoms with Crippen molar-refractivity contribution in [1.82, 2.24) is 0 Å². The third-order valence-corrected chi connectivity index (χ3v) is 1.88. The van der Waals surface area contributed by atoms with E-state index in [0.29, 0.717) is 33.0 Å². The van der Waals surface area contributed by atoms with Crippen molar-refractivity contribution in [3.8, 4) is 0 Å². The van der Waals surface area contributed by atoms with E-state index < -0.39 is 5.97 Å². The number of hydrogen-bond acceptors (Lipinski definition) is 4. The Bertz CT molecular complexity index is 133. The van der Waals surface area contributed by atoms with E-state index in [1.165, 1.54) is 0 Å². The normalized spacial score (nSPS) is 21.0. The van der Waals surface area contributed by atoms with Crippen LogP contribution in [0, 0.1) is 0 Å². The second-order valence-electron chi connectivity index (χ2n) is 3.28. The molecule has 4 heteroatoms. The van der Waals surface area contributed by atoms with Gasteiger partial charge in [0, 0.05) is 0 Å². The number of hydrogen-bond donors (Lipinski definition) is 0. The van der Waals surface area contributed by atoms with E-state index >= 15 is 0 Å². The van der Waals surface area contributed by atoms with Crippen LogP contribution >= 0.6 is 0 Å². The average Bonchev–Trinajstić information content (AvgIpc) is 2.25. The molecular formula is C10H20O4. The number of ether oxygens (including phenoxy) is 4. The molecule has 0 unspecified atom stereocenters. The third kappa shape index (κ3) is 3.53. The van der Waals surface area contributed by atoms with Crippen LogP contribution in [0.25, 0.3) is 0 Å². The van der Waals surface area contributed by atoms with E-state index in [2.05, 4.69) is 13.8 Å². The van der Waals surface area contributed by atoms with Crippen LogP contribution in [-0.2, 0) is 18.9 Å². The van der Waals surface area contributed by atoms with Gasteiger partial charge >= 0.3 is 5.97 Å². The van der Waals surface area contributed by atoms with Crippen molar-refractivity contribution in [3.05, 3.63) is 0 Å². The van der Waals surface area contributed by atoms with E-state index in [1.807, 2.05) is 0 Å². The maximum atomic E-state index is 5.55. The standard InChI is InChI=1S/C10H20O4/c1-3-5-12-10(13-6-4-2)9-11-7-8-14-10/h3-9H2,1-2H3. The summed E-state index contributed by atoms with van der Waals surface area (Å²) in [6.07, 6.45) is 1.89. The van der Waals surface area contributed by atoms with Crippen molar-refractivity contribution in [1.29, 1.82) is 0 Å². The molecule has 4 nitrogen and oxygen atoms in total. The zero-order chi connectivity index (χ0) is 10.3. The van der Waals surface area contributed by atoms with Crippen LogP contribution in [0.2, 0.25) is 0 Å². The second kappa shape index (κ2) is 6.35. The predicted molar refractivity (Wildman–Crippen MR) is 52.0 cm³/mol. The highest BCUT2D eigenvalue weighted by molar-refractivity contribution is 4.61. The zero-order valence-electron chi connectivity index (χ0n) is 9.08. The maximum absolute atomic E-state index is 5.55. The molecule has 0 saturated carbocycles. The van der Waals surface area contributed by atoms with Crippen LogP contribution in [0.5, 0.6) is 0 Å². The quantitative estimate of drug-likeness (QED) is 0.615. The lowest BCUT2D eigenvalue weighted by atomic mass is 10.4. The summed E-state index contributed by atoms with van der Waals surface area (Å²) in [5.41, 5.74) is 0. The van der Waals surface area contributed by atoms with Crippen LogP contribution < -0.4 is 0 Å². The van der Waals surface area contributed by atoms with Gasteiger partial charge in [-0.1, -0.05) is 13.8 Å². The summed E-state index contributed by atoms with van der Waals surface area (Å²) in [6.45, 7) is 6.89. The van der Waals surface area contributed by atoms with E-state index in [-0.39, 0.29) is 0 Å². The Morgan fingerprint density at radius 2 is 1.71 bits per heavy atom. The fourth-order valence-electron chi connectivity index (χ4n) is 1.22. The lowest BCUT2D eigenvalue weighted by molar-refractivity contribution is -0.414. The minimum Gasteiger partial charge on any atom is -0.371 e. The molecule has 0 atom stereocenters. The highest BCUT2D eigenvalue weighted by atomic mass is 16.9. The van der Waals surface area contributed by atoms with Crippen LogP contribution in [0.4, 0.5) is 0 Å². The fraction of sp³-hybridized carbons (Fsp3) is 1.00. The van der Waals surface area contributed by atoms with Crippen molar-refractivity contribution in [2.45, 2.75) is 32.7 Å². The largest absolute Gasteiger partial charge is 0.371 e. The summed E-state index contributed by atoms with van der Waals surface area (Å²) >= 11 is 0. The first-order valence-corrected chi connectivity index (χ1v) is 5.32. The average molecular weight is 204 g/mol. The van der Waals surface area contributed by atoms with Crippen molar-refractivity contribution in [2.24, 2.45) is 0 Å². The maximum Gasteiger partial charge on any atom is 0.307 e. The first-order chi connectivity index (χ1) is 6.83. The lowest BCUT2D eigenvalue weighted by Crippen LogP contribution is -2.48. The van der Waals surface area contributed by atoms with Crippen molar-refractivity contribution >= 4 is 0 Å². The van der Waals surface area contributed by atoms with Gasteiger partial charge in [0.25, 0.3) is 0 Å². The van der Waals surface area contributed by atoms with Crippen molar-refractivity contribution < 1.29 is 18.9 Å². The first-order valence-electron chi connectivity index (χ1n) is 5.32. The topological polar surface area (TPSA) is 36.9 Å². The van der Waals surface area contributed by atoms with Gasteiger partial charge in [-0.15, -0.1) is 0 Å². The van der Waals surface area contributed by atoms with E-state index in [9.17, 15) is 0 Å². The van der Waals surface area contributed by atoms with Crippen LogP contribution in [0.1, 0.15) is 26.7 Å². The molecule has 0 aromatic heterocycles. The van der Waals surface area contributed by atoms with E-state index in [4.69, 9.17) is 18.9 Å². The molecule has 0 bridgehead atoms. The van der Waals surface area contributed by atoms with Crippen molar-refractivity contribution in [3.63, 3.8) is 0 Å². The van der Waals surface area contributed by atoms with Crippen LogP contribution in [0.15, 0.2) is 0 Å². The van der Waals surface area contributed by atoms with Crippen LogP contribution in [0.3, 0.4) is 0 Å². The zero-order valence-corrected chi connectivity index (χ0v) is 9.08. The summed E-state index contributed by atoms with van der Waals surface area (Å²) in [7, 11) is 0. The molecule has 1 heterocycles. The van der Waals surface area contributed by atoms with Crippen LogP contribution in [-0.4, -0.2) is 39.0 Å². The monoisotopic (exact) mass is 204 g/mol. The molecule has 84 valence electrons. The minimum absolute atomic E-state index is 0.368. The molecule has 0 spiro atoms. The molecule has 0 aromatic carbocycles. The SMILES string of the molecule is CCCOC1(OCCC)COCCO1. The van der Waals surface area contributed by atoms with Crippen molar-refractivity contribution in [2.75, 3.05) is 33.0 Å². The van der Waals surface area contributed by atoms with Gasteiger partial charge < -0.3 is 18.9 Å². The highest BCUT2D eigenvalue weighted by Crippen LogP contribution is 2.20. The van der Waals surface area contributed by atoms with Gasteiger partial charge in [0.1, 0.15) is 6.61 Å². The molecule has 1 fully saturated rings. The summed E-state index contributed by atoms with van der Waals surface area (Å²) in [5.74, 6) is -0.940. The Morgan fingerprint density at radius 1 is 1.07 bits per heavy atom. The van der Waals surface area contributed by atoms with Gasteiger partial charge in [0.05, 0.1) is 26.4 Å². The minimum atomic E-state index is -0.940. The van der Waals surface area contributed by atoms with Gasteiger partial charge in [-0.2, -0.15) is 0 Å². The molecule has 1 aliphatic rings. The molecule has 1 saturated heterocycles.